The van der Waals surface area contributed by atoms with Crippen molar-refractivity contribution in [1.29, 1.82) is 0 Å². The Labute approximate surface area is 121 Å². The first kappa shape index (κ1) is 16.3. The molecular formula is C13H20F3N3O2. The molecular weight excluding hydrogens is 287 g/mol. The van der Waals surface area contributed by atoms with Crippen molar-refractivity contribution in [2.75, 3.05) is 33.4 Å². The van der Waals surface area contributed by atoms with Crippen LogP contribution in [0.25, 0.3) is 0 Å². The van der Waals surface area contributed by atoms with E-state index in [1.165, 1.54) is 7.11 Å². The topological polar surface area (TPSA) is 61.4 Å². The fourth-order valence-corrected chi connectivity index (χ4v) is 2.71. The van der Waals surface area contributed by atoms with Crippen LogP contribution in [0.5, 0.6) is 0 Å². The predicted octanol–water partition coefficient (Wildman–Crippen LogP) is 1.62. The van der Waals surface area contributed by atoms with Gasteiger partial charge in [-0.2, -0.15) is 18.3 Å². The van der Waals surface area contributed by atoms with Crippen molar-refractivity contribution in [3.8, 4) is 0 Å². The zero-order valence-electron chi connectivity index (χ0n) is 11.9. The van der Waals surface area contributed by atoms with Gasteiger partial charge in [-0.15, -0.1) is 0 Å². The molecule has 0 spiro atoms. The molecule has 0 saturated carbocycles. The van der Waals surface area contributed by atoms with Crippen LogP contribution >= 0.6 is 0 Å². The van der Waals surface area contributed by atoms with E-state index >= 15 is 0 Å². The van der Waals surface area contributed by atoms with Crippen LogP contribution in [0, 0.1) is 0 Å². The average Bonchev–Trinajstić information content (AvgIpc) is 2.88. The number of aliphatic hydroxyl groups excluding tert-OH is 1. The molecule has 0 amide bonds. The van der Waals surface area contributed by atoms with Crippen molar-refractivity contribution in [2.45, 2.75) is 31.0 Å². The summed E-state index contributed by atoms with van der Waals surface area (Å²) in [6.07, 6.45) is -3.31. The fourth-order valence-electron chi connectivity index (χ4n) is 2.71. The van der Waals surface area contributed by atoms with Crippen LogP contribution in [-0.2, 0) is 10.9 Å². The number of aromatic amines is 1. The van der Waals surface area contributed by atoms with Crippen molar-refractivity contribution in [3.63, 3.8) is 0 Å². The van der Waals surface area contributed by atoms with E-state index in [-0.39, 0.29) is 12.5 Å². The Bertz CT molecular complexity index is 450. The maximum atomic E-state index is 12.6. The number of nitrogens with zero attached hydrogens (tertiary/aromatic N) is 2. The van der Waals surface area contributed by atoms with Crippen LogP contribution < -0.4 is 0 Å². The highest BCUT2D eigenvalue weighted by Gasteiger charge is 2.35. The van der Waals surface area contributed by atoms with E-state index in [0.29, 0.717) is 18.8 Å². The molecule has 0 unspecified atom stereocenters. The van der Waals surface area contributed by atoms with E-state index in [0.717, 1.165) is 25.5 Å². The number of hydrogen-bond acceptors (Lipinski definition) is 4. The van der Waals surface area contributed by atoms with E-state index in [1.807, 2.05) is 4.90 Å². The quantitative estimate of drug-likeness (QED) is 0.868. The summed E-state index contributed by atoms with van der Waals surface area (Å²) in [4.78, 5) is 2.05. The number of halogens is 3. The van der Waals surface area contributed by atoms with Gasteiger partial charge >= 0.3 is 6.18 Å². The Hall–Kier alpha value is -1.12. The highest BCUT2D eigenvalue weighted by atomic mass is 19.4. The minimum Gasteiger partial charge on any atom is -0.389 e. The summed E-state index contributed by atoms with van der Waals surface area (Å²) < 4.78 is 42.6. The molecule has 2 rings (SSSR count). The second-order valence-electron chi connectivity index (χ2n) is 5.41. The lowest BCUT2D eigenvalue weighted by Crippen LogP contribution is -2.40. The van der Waals surface area contributed by atoms with Crippen LogP contribution in [0.4, 0.5) is 13.2 Å². The number of aromatic nitrogens is 2. The van der Waals surface area contributed by atoms with Gasteiger partial charge in [-0.05, 0) is 25.5 Å². The number of aliphatic hydroxyl groups is 1. The van der Waals surface area contributed by atoms with Crippen LogP contribution in [0.1, 0.15) is 30.1 Å². The van der Waals surface area contributed by atoms with Crippen molar-refractivity contribution < 1.29 is 23.0 Å². The number of piperidine rings is 1. The highest BCUT2D eigenvalue weighted by Crippen LogP contribution is 2.31. The second-order valence-corrected chi connectivity index (χ2v) is 5.41. The molecule has 120 valence electrons. The summed E-state index contributed by atoms with van der Waals surface area (Å²) in [5.41, 5.74) is -0.373. The second kappa shape index (κ2) is 6.76. The van der Waals surface area contributed by atoms with E-state index < -0.39 is 18.0 Å². The third-order valence-corrected chi connectivity index (χ3v) is 3.66. The first-order valence-corrected chi connectivity index (χ1v) is 6.92. The van der Waals surface area contributed by atoms with Gasteiger partial charge in [0, 0.05) is 31.8 Å². The maximum absolute atomic E-state index is 12.6. The molecule has 1 aliphatic heterocycles. The standard InChI is InChI=1S/C13H20F3N3O2/c1-21-8-10(20)7-19-4-2-3-9(6-19)11-5-12(18-17-11)13(14,15)16/h5,9-10,20H,2-4,6-8H2,1H3,(H,17,18)/t9-,10+/m0/s1. The minimum atomic E-state index is -4.42. The molecule has 0 aromatic carbocycles. The normalized spacial score (nSPS) is 22.4. The average molecular weight is 307 g/mol. The SMILES string of the molecule is COC[C@H](O)CN1CCC[C@H](c2cc(C(F)(F)F)n[nH]2)C1. The van der Waals surface area contributed by atoms with E-state index in [9.17, 15) is 18.3 Å². The Balaban J connectivity index is 1.96. The van der Waals surface area contributed by atoms with Gasteiger partial charge in [0.25, 0.3) is 0 Å². The summed E-state index contributed by atoms with van der Waals surface area (Å²) >= 11 is 0. The molecule has 1 aliphatic rings. The molecule has 2 atom stereocenters. The van der Waals surface area contributed by atoms with Crippen LogP contribution in [0.3, 0.4) is 0 Å². The number of H-pyrrole nitrogens is 1. The molecule has 1 fully saturated rings. The molecule has 0 aliphatic carbocycles. The number of rotatable bonds is 5. The van der Waals surface area contributed by atoms with Gasteiger partial charge in [0.1, 0.15) is 0 Å². The smallest absolute Gasteiger partial charge is 0.389 e. The predicted molar refractivity (Wildman–Crippen MR) is 69.9 cm³/mol. The first-order valence-electron chi connectivity index (χ1n) is 6.92. The van der Waals surface area contributed by atoms with Crippen LogP contribution in [0.2, 0.25) is 0 Å². The van der Waals surface area contributed by atoms with Crippen molar-refractivity contribution in [1.82, 2.24) is 15.1 Å². The number of nitrogens with one attached hydrogen (secondary N) is 1. The summed E-state index contributed by atoms with van der Waals surface area (Å²) in [5, 5.41) is 15.6. The van der Waals surface area contributed by atoms with Gasteiger partial charge in [0.2, 0.25) is 0 Å². The molecule has 5 nitrogen and oxygen atoms in total. The van der Waals surface area contributed by atoms with E-state index in [1.54, 1.807) is 0 Å². The van der Waals surface area contributed by atoms with E-state index in [4.69, 9.17) is 4.74 Å². The molecule has 1 saturated heterocycles. The maximum Gasteiger partial charge on any atom is 0.435 e. The van der Waals surface area contributed by atoms with Gasteiger partial charge < -0.3 is 14.7 Å². The highest BCUT2D eigenvalue weighted by molar-refractivity contribution is 5.16. The monoisotopic (exact) mass is 307 g/mol. The Morgan fingerprint density at radius 2 is 2.33 bits per heavy atom. The van der Waals surface area contributed by atoms with Crippen LogP contribution in [0.15, 0.2) is 6.07 Å². The largest absolute Gasteiger partial charge is 0.435 e. The number of ether oxygens (including phenoxy) is 1. The van der Waals surface area contributed by atoms with Gasteiger partial charge in [-0.1, -0.05) is 0 Å². The van der Waals surface area contributed by atoms with Crippen molar-refractivity contribution in [3.05, 3.63) is 17.5 Å². The first-order chi connectivity index (χ1) is 9.90. The number of likely N-dealkylation sites (tertiary alicyclic amines) is 1. The Kier molecular flexibility index (Phi) is 5.23. The summed E-state index contributed by atoms with van der Waals surface area (Å²) in [6.45, 7) is 2.16. The van der Waals surface area contributed by atoms with Crippen molar-refractivity contribution in [2.24, 2.45) is 0 Å². The molecule has 1 aromatic heterocycles. The van der Waals surface area contributed by atoms with Crippen molar-refractivity contribution >= 4 is 0 Å². The Morgan fingerprint density at radius 1 is 1.57 bits per heavy atom. The third kappa shape index (κ3) is 4.42. The minimum absolute atomic E-state index is 0.0166. The summed E-state index contributed by atoms with van der Waals surface area (Å²) in [6, 6.07) is 1.08. The van der Waals surface area contributed by atoms with Crippen LogP contribution in [-0.4, -0.2) is 59.7 Å². The fraction of sp³-hybridized carbons (Fsp3) is 0.769. The molecule has 2 heterocycles. The Morgan fingerprint density at radius 3 is 2.95 bits per heavy atom. The lowest BCUT2D eigenvalue weighted by Gasteiger charge is -2.33. The molecule has 8 heteroatoms. The molecule has 21 heavy (non-hydrogen) atoms. The summed E-state index contributed by atoms with van der Waals surface area (Å²) in [5.74, 6) is -0.0166. The number of methoxy groups -OCH3 is 1. The zero-order chi connectivity index (χ0) is 15.5. The van der Waals surface area contributed by atoms with Gasteiger partial charge in [0.05, 0.1) is 12.7 Å². The molecule has 0 bridgehead atoms. The number of hydrogen-bond donors (Lipinski definition) is 2. The van der Waals surface area contributed by atoms with Gasteiger partial charge in [0.15, 0.2) is 5.69 Å². The van der Waals surface area contributed by atoms with Gasteiger partial charge in [-0.3, -0.25) is 5.10 Å². The molecule has 1 aromatic rings. The number of β-amino-alcohol motifs (C(OH)–C–C–N with tert-alkyl or cyclic N) is 1. The number of alkyl halides is 3. The van der Waals surface area contributed by atoms with Gasteiger partial charge in [-0.25, -0.2) is 0 Å². The molecule has 0 radical (unpaired) electrons. The zero-order valence-corrected chi connectivity index (χ0v) is 11.9. The lowest BCUT2D eigenvalue weighted by molar-refractivity contribution is -0.141. The third-order valence-electron chi connectivity index (χ3n) is 3.66. The van der Waals surface area contributed by atoms with E-state index in [2.05, 4.69) is 10.2 Å². The molecule has 2 N–H and O–H groups in total. The summed E-state index contributed by atoms with van der Waals surface area (Å²) in [7, 11) is 1.52. The lowest BCUT2D eigenvalue weighted by atomic mass is 9.94.